The highest BCUT2D eigenvalue weighted by molar-refractivity contribution is 9.10. The lowest BCUT2D eigenvalue weighted by molar-refractivity contribution is 1.24. The molecule has 0 aliphatic carbocycles. The van der Waals surface area contributed by atoms with Gasteiger partial charge in [0.2, 0.25) is 0 Å². The van der Waals surface area contributed by atoms with Crippen LogP contribution in [0.3, 0.4) is 0 Å². The van der Waals surface area contributed by atoms with Crippen molar-refractivity contribution in [2.75, 3.05) is 5.73 Å². The van der Waals surface area contributed by atoms with Crippen LogP contribution in [0.1, 0.15) is 0 Å². The Balaban J connectivity index is 3.33. The quantitative estimate of drug-likeness (QED) is 0.631. The summed E-state index contributed by atoms with van der Waals surface area (Å²) in [5.41, 5.74) is 5.08. The Labute approximate surface area is 60.0 Å². The summed E-state index contributed by atoms with van der Waals surface area (Å²) in [6.07, 6.45) is 0. The molecular weight excluding hydrogens is 184 g/mol. The average Bonchev–Trinajstić information content (AvgIpc) is 1.59. The van der Waals surface area contributed by atoms with Crippen molar-refractivity contribution in [2.24, 2.45) is 0 Å². The molecule has 1 aromatic rings. The number of halogens is 1. The highest BCUT2D eigenvalue weighted by Gasteiger charge is 1.89. The van der Waals surface area contributed by atoms with Gasteiger partial charge in [-0.25, -0.2) is 0 Å². The Morgan fingerprint density at radius 3 is 2.67 bits per heavy atom. The van der Waals surface area contributed by atoms with E-state index in [2.05, 4.69) is 20.9 Å². The minimum absolute atomic E-state index is 0.193. The number of aromatic nitrogens is 1. The Hall–Kier alpha value is -0.770. The maximum Gasteiger partial charge on any atom is 0.250 e. The molecule has 0 radical (unpaired) electrons. The highest BCUT2D eigenvalue weighted by atomic mass is 79.9. The van der Waals surface area contributed by atoms with Crippen molar-refractivity contribution in [3.63, 3.8) is 0 Å². The number of pyridine rings is 1. The Morgan fingerprint density at radius 1 is 1.56 bits per heavy atom. The van der Waals surface area contributed by atoms with E-state index < -0.39 is 0 Å². The van der Waals surface area contributed by atoms with Crippen molar-refractivity contribution in [2.45, 2.75) is 0 Å². The molecule has 48 valence electrons. The third kappa shape index (κ3) is 1.57. The number of hydrogen-bond acceptors (Lipinski definition) is 2. The highest BCUT2D eigenvalue weighted by Crippen LogP contribution is 2.06. The molecule has 0 amide bonds. The van der Waals surface area contributed by atoms with Crippen molar-refractivity contribution < 1.29 is 0 Å². The minimum Gasteiger partial charge on any atom is -0.385 e. The van der Waals surface area contributed by atoms with Crippen LogP contribution < -0.4 is 11.3 Å². The van der Waals surface area contributed by atoms with Gasteiger partial charge in [0, 0.05) is 10.5 Å². The van der Waals surface area contributed by atoms with E-state index in [1.165, 1.54) is 6.07 Å². The van der Waals surface area contributed by atoms with Gasteiger partial charge in [-0.05, 0) is 6.07 Å². The summed E-state index contributed by atoms with van der Waals surface area (Å²) in [4.78, 5) is 12.9. The second-order valence-electron chi connectivity index (χ2n) is 1.62. The van der Waals surface area contributed by atoms with Crippen LogP contribution in [0.2, 0.25) is 0 Å². The molecule has 1 aromatic heterocycles. The first-order valence-corrected chi connectivity index (χ1v) is 3.13. The maximum atomic E-state index is 10.5. The molecule has 0 aromatic carbocycles. The zero-order chi connectivity index (χ0) is 6.85. The van der Waals surface area contributed by atoms with Crippen molar-refractivity contribution in [3.05, 3.63) is 27.0 Å². The molecule has 0 unspecified atom stereocenters. The summed E-state index contributed by atoms with van der Waals surface area (Å²) in [5, 5.41) is 0. The first-order chi connectivity index (χ1) is 4.18. The van der Waals surface area contributed by atoms with Crippen LogP contribution in [-0.2, 0) is 0 Å². The predicted molar refractivity (Wildman–Crippen MR) is 39.2 cm³/mol. The largest absolute Gasteiger partial charge is 0.385 e. The topological polar surface area (TPSA) is 58.9 Å². The molecule has 0 aliphatic rings. The number of aromatic amines is 1. The maximum absolute atomic E-state index is 10.5. The Morgan fingerprint density at radius 2 is 2.22 bits per heavy atom. The van der Waals surface area contributed by atoms with Crippen LogP contribution in [0.5, 0.6) is 0 Å². The molecule has 9 heavy (non-hydrogen) atoms. The summed E-state index contributed by atoms with van der Waals surface area (Å²) in [5.74, 6) is 0.370. The molecule has 0 saturated heterocycles. The molecule has 0 saturated carbocycles. The first-order valence-electron chi connectivity index (χ1n) is 2.34. The van der Waals surface area contributed by atoms with Crippen LogP contribution in [0.15, 0.2) is 21.4 Å². The Kier molecular flexibility index (Phi) is 1.57. The summed E-state index contributed by atoms with van der Waals surface area (Å²) in [6.45, 7) is 0. The fourth-order valence-electron chi connectivity index (χ4n) is 0.530. The van der Waals surface area contributed by atoms with Gasteiger partial charge in [0.15, 0.2) is 0 Å². The molecule has 1 heterocycles. The van der Waals surface area contributed by atoms with E-state index >= 15 is 0 Å². The number of H-pyrrole nitrogens is 1. The standard InChI is InChI=1S/C5H5BrN2O/c6-3-1-4(7)8-5(9)2-3/h1-2H,(H3,7,8,9). The average molecular weight is 189 g/mol. The van der Waals surface area contributed by atoms with Gasteiger partial charge in [-0.1, -0.05) is 15.9 Å². The van der Waals surface area contributed by atoms with Gasteiger partial charge < -0.3 is 10.7 Å². The molecule has 0 bridgehead atoms. The van der Waals surface area contributed by atoms with E-state index in [1.807, 2.05) is 0 Å². The van der Waals surface area contributed by atoms with E-state index in [4.69, 9.17) is 5.73 Å². The second-order valence-corrected chi connectivity index (χ2v) is 2.53. The van der Waals surface area contributed by atoms with Crippen LogP contribution in [0, 0.1) is 0 Å². The smallest absolute Gasteiger partial charge is 0.250 e. The van der Waals surface area contributed by atoms with Crippen molar-refractivity contribution in [1.82, 2.24) is 4.98 Å². The molecule has 0 atom stereocenters. The summed E-state index contributed by atoms with van der Waals surface area (Å²) >= 11 is 3.11. The Bertz CT molecular complexity index is 245. The van der Waals surface area contributed by atoms with Crippen molar-refractivity contribution in [3.8, 4) is 0 Å². The van der Waals surface area contributed by atoms with Gasteiger partial charge >= 0.3 is 0 Å². The number of rotatable bonds is 0. The van der Waals surface area contributed by atoms with Gasteiger partial charge in [0.05, 0.1) is 0 Å². The van der Waals surface area contributed by atoms with Crippen molar-refractivity contribution >= 4 is 21.7 Å². The van der Waals surface area contributed by atoms with Gasteiger partial charge in [-0.3, -0.25) is 4.79 Å². The normalized spacial score (nSPS) is 9.44. The molecule has 3 N–H and O–H groups in total. The second kappa shape index (κ2) is 2.23. The SMILES string of the molecule is Nc1cc(Br)cc(=O)[nH]1. The van der Waals surface area contributed by atoms with Gasteiger partial charge in [0.1, 0.15) is 5.82 Å². The number of anilines is 1. The monoisotopic (exact) mass is 188 g/mol. The van der Waals surface area contributed by atoms with Gasteiger partial charge in [0.25, 0.3) is 5.56 Å². The number of hydrogen-bond donors (Lipinski definition) is 2. The van der Waals surface area contributed by atoms with E-state index in [0.717, 1.165) is 0 Å². The molecule has 3 nitrogen and oxygen atoms in total. The van der Waals surface area contributed by atoms with Gasteiger partial charge in [-0.2, -0.15) is 0 Å². The minimum atomic E-state index is -0.193. The zero-order valence-electron chi connectivity index (χ0n) is 4.52. The van der Waals surface area contributed by atoms with E-state index in [9.17, 15) is 4.79 Å². The fraction of sp³-hybridized carbons (Fsp3) is 0. The molecule has 0 fully saturated rings. The lowest BCUT2D eigenvalue weighted by atomic mass is 10.5. The summed E-state index contributed by atoms with van der Waals surface area (Å²) in [7, 11) is 0. The van der Waals surface area contributed by atoms with Crippen LogP contribution in [-0.4, -0.2) is 4.98 Å². The number of nitrogens with two attached hydrogens (primary N) is 1. The van der Waals surface area contributed by atoms with Gasteiger partial charge in [-0.15, -0.1) is 0 Å². The molecule has 4 heteroatoms. The lowest BCUT2D eigenvalue weighted by Gasteiger charge is -1.90. The molecule has 1 rings (SSSR count). The third-order valence-corrected chi connectivity index (χ3v) is 1.29. The van der Waals surface area contributed by atoms with Crippen LogP contribution >= 0.6 is 15.9 Å². The summed E-state index contributed by atoms with van der Waals surface area (Å²) < 4.78 is 0.698. The fourth-order valence-corrected chi connectivity index (χ4v) is 0.984. The third-order valence-electron chi connectivity index (χ3n) is 0.830. The molecular formula is C5H5BrN2O. The molecule has 0 spiro atoms. The lowest BCUT2D eigenvalue weighted by Crippen LogP contribution is -2.06. The van der Waals surface area contributed by atoms with E-state index in [1.54, 1.807) is 6.07 Å². The summed E-state index contributed by atoms with van der Waals surface area (Å²) in [6, 6.07) is 3.04. The van der Waals surface area contributed by atoms with E-state index in [0.29, 0.717) is 10.3 Å². The first kappa shape index (κ1) is 6.35. The predicted octanol–water partition coefficient (Wildman–Crippen LogP) is 0.720. The van der Waals surface area contributed by atoms with Crippen LogP contribution in [0.4, 0.5) is 5.82 Å². The number of nitrogen functional groups attached to an aromatic ring is 1. The van der Waals surface area contributed by atoms with Crippen molar-refractivity contribution in [1.29, 1.82) is 0 Å². The number of nitrogens with one attached hydrogen (secondary N) is 1. The zero-order valence-corrected chi connectivity index (χ0v) is 6.10. The van der Waals surface area contributed by atoms with Crippen LogP contribution in [0.25, 0.3) is 0 Å². The molecule has 0 aliphatic heterocycles. The van der Waals surface area contributed by atoms with E-state index in [-0.39, 0.29) is 5.56 Å².